The molecule has 3 N–H and O–H groups in total. The number of hydrogen-bond donors (Lipinski definition) is 3. The fourth-order valence-corrected chi connectivity index (χ4v) is 10.6. The molecule has 5 heteroatoms. The van der Waals surface area contributed by atoms with Gasteiger partial charge in [-0.3, -0.25) is 4.79 Å². The molecular formula is C31H50N2O3. The summed E-state index contributed by atoms with van der Waals surface area (Å²) in [5.41, 5.74) is 0.938. The van der Waals surface area contributed by atoms with Crippen LogP contribution in [-0.2, 0) is 4.79 Å². The highest BCUT2D eigenvalue weighted by Gasteiger charge is 2.70. The number of rotatable bonds is 1. The maximum absolute atomic E-state index is 14.3. The first-order valence-corrected chi connectivity index (χ1v) is 14.5. The summed E-state index contributed by atoms with van der Waals surface area (Å²) >= 11 is 0. The fourth-order valence-electron chi connectivity index (χ4n) is 10.6. The second kappa shape index (κ2) is 7.83. The summed E-state index contributed by atoms with van der Waals surface area (Å²) in [5.74, 6) is 1.01. The number of nitrogens with one attached hydrogen (secondary N) is 2. The lowest BCUT2D eigenvalue weighted by Crippen LogP contribution is -2.67. The lowest BCUT2D eigenvalue weighted by Gasteiger charge is -2.70. The molecule has 5 aliphatic rings. The van der Waals surface area contributed by atoms with Gasteiger partial charge in [0.1, 0.15) is 0 Å². The first-order valence-electron chi connectivity index (χ1n) is 14.5. The number of aliphatic hydroxyl groups is 1. The molecule has 0 aromatic heterocycles. The second-order valence-electron chi connectivity index (χ2n) is 15.3. The predicted octanol–water partition coefficient (Wildman–Crippen LogP) is 6.01. The van der Waals surface area contributed by atoms with Gasteiger partial charge in [0.15, 0.2) is 5.78 Å². The van der Waals surface area contributed by atoms with E-state index in [9.17, 15) is 14.7 Å². The molecule has 0 aliphatic heterocycles. The smallest absolute Gasteiger partial charge is 0.314 e. The number of carbonyl (C=O) groups excluding carboxylic acids is 2. The molecule has 0 spiro atoms. The molecule has 9 atom stereocenters. The number of allylic oxidation sites excluding steroid dienone is 2. The Hall–Kier alpha value is -1.36. The predicted molar refractivity (Wildman–Crippen MR) is 143 cm³/mol. The van der Waals surface area contributed by atoms with E-state index in [0.29, 0.717) is 17.6 Å². The van der Waals surface area contributed by atoms with Crippen LogP contribution in [0.1, 0.15) is 106 Å². The summed E-state index contributed by atoms with van der Waals surface area (Å²) in [6.07, 6.45) is 10.9. The van der Waals surface area contributed by atoms with Crippen molar-refractivity contribution in [3.8, 4) is 0 Å². The van der Waals surface area contributed by atoms with Crippen molar-refractivity contribution >= 4 is 11.8 Å². The largest absolute Gasteiger partial charge is 0.393 e. The Balaban J connectivity index is 1.58. The van der Waals surface area contributed by atoms with Crippen LogP contribution in [-0.4, -0.2) is 35.6 Å². The lowest BCUT2D eigenvalue weighted by molar-refractivity contribution is -0.201. The highest BCUT2D eigenvalue weighted by Crippen LogP contribution is 2.74. The molecule has 0 bridgehead atoms. The summed E-state index contributed by atoms with van der Waals surface area (Å²) in [7, 11) is 1.68. The minimum absolute atomic E-state index is 0.00704. The SMILES string of the molecule is CNC(=O)N[C@@]1(C)CC[C@]2(C)CC[C@]3(C)C(=CC(=O)[C@@H]4[C@@]5(C)CC[C@H](O)C(C)(C)[C@@H]5CC[C@]43C)[C@@H]2C1. The third-order valence-electron chi connectivity index (χ3n) is 13.2. The van der Waals surface area contributed by atoms with Crippen LogP contribution in [0.4, 0.5) is 4.79 Å². The van der Waals surface area contributed by atoms with Gasteiger partial charge in [-0.2, -0.15) is 0 Å². The van der Waals surface area contributed by atoms with Gasteiger partial charge >= 0.3 is 6.03 Å². The van der Waals surface area contributed by atoms with Gasteiger partial charge in [0.25, 0.3) is 0 Å². The van der Waals surface area contributed by atoms with E-state index in [1.165, 1.54) is 12.0 Å². The van der Waals surface area contributed by atoms with Crippen molar-refractivity contribution < 1.29 is 14.7 Å². The third kappa shape index (κ3) is 3.29. The van der Waals surface area contributed by atoms with Gasteiger partial charge in [0.05, 0.1) is 6.10 Å². The Morgan fingerprint density at radius 3 is 2.28 bits per heavy atom. The molecule has 2 amide bonds. The molecular weight excluding hydrogens is 448 g/mol. The number of urea groups is 1. The third-order valence-corrected chi connectivity index (χ3v) is 13.2. The molecule has 202 valence electrons. The van der Waals surface area contributed by atoms with Gasteiger partial charge in [-0.25, -0.2) is 4.79 Å². The molecule has 36 heavy (non-hydrogen) atoms. The van der Waals surface area contributed by atoms with Crippen molar-refractivity contribution in [2.45, 2.75) is 118 Å². The van der Waals surface area contributed by atoms with Crippen LogP contribution in [0.3, 0.4) is 0 Å². The van der Waals surface area contributed by atoms with Crippen LogP contribution in [0.15, 0.2) is 11.6 Å². The highest BCUT2D eigenvalue weighted by molar-refractivity contribution is 5.95. The number of aliphatic hydroxyl groups excluding tert-OH is 1. The van der Waals surface area contributed by atoms with E-state index in [0.717, 1.165) is 51.4 Å². The number of carbonyl (C=O) groups is 2. The van der Waals surface area contributed by atoms with E-state index in [4.69, 9.17) is 0 Å². The monoisotopic (exact) mass is 498 g/mol. The van der Waals surface area contributed by atoms with Crippen LogP contribution >= 0.6 is 0 Å². The van der Waals surface area contributed by atoms with Crippen LogP contribution in [0, 0.1) is 44.8 Å². The minimum Gasteiger partial charge on any atom is -0.393 e. The van der Waals surface area contributed by atoms with Crippen molar-refractivity contribution in [2.24, 2.45) is 44.8 Å². The van der Waals surface area contributed by atoms with E-state index in [1.807, 2.05) is 0 Å². The Bertz CT molecular complexity index is 1000. The van der Waals surface area contributed by atoms with Crippen LogP contribution < -0.4 is 10.6 Å². The van der Waals surface area contributed by atoms with Crippen molar-refractivity contribution in [3.63, 3.8) is 0 Å². The van der Waals surface area contributed by atoms with Crippen molar-refractivity contribution in [1.29, 1.82) is 0 Å². The molecule has 0 saturated heterocycles. The summed E-state index contributed by atoms with van der Waals surface area (Å²) in [4.78, 5) is 26.6. The van der Waals surface area contributed by atoms with E-state index < -0.39 is 0 Å². The Morgan fingerprint density at radius 2 is 1.61 bits per heavy atom. The van der Waals surface area contributed by atoms with E-state index in [2.05, 4.69) is 65.2 Å². The van der Waals surface area contributed by atoms with Gasteiger partial charge in [-0.1, -0.05) is 47.1 Å². The highest BCUT2D eigenvalue weighted by atomic mass is 16.3. The number of ketones is 1. The summed E-state index contributed by atoms with van der Waals surface area (Å²) in [5, 5.41) is 16.9. The zero-order valence-electron chi connectivity index (χ0n) is 24.0. The van der Waals surface area contributed by atoms with Gasteiger partial charge in [0, 0.05) is 18.5 Å². The van der Waals surface area contributed by atoms with Gasteiger partial charge < -0.3 is 15.7 Å². The van der Waals surface area contributed by atoms with Crippen molar-refractivity contribution in [1.82, 2.24) is 10.6 Å². The average Bonchev–Trinajstić information content (AvgIpc) is 2.79. The fraction of sp³-hybridized carbons (Fsp3) is 0.871. The quantitative estimate of drug-likeness (QED) is 0.414. The molecule has 0 aromatic carbocycles. The second-order valence-corrected chi connectivity index (χ2v) is 15.3. The summed E-state index contributed by atoms with van der Waals surface area (Å²) < 4.78 is 0. The van der Waals surface area contributed by atoms with E-state index in [-0.39, 0.29) is 50.7 Å². The molecule has 0 aromatic rings. The minimum atomic E-state index is -0.288. The first-order chi connectivity index (χ1) is 16.6. The first kappa shape index (κ1) is 26.3. The van der Waals surface area contributed by atoms with E-state index in [1.54, 1.807) is 7.05 Å². The lowest BCUT2D eigenvalue weighted by atomic mass is 9.33. The van der Waals surface area contributed by atoms with E-state index >= 15 is 0 Å². The molecule has 4 fully saturated rings. The zero-order chi connectivity index (χ0) is 26.5. The van der Waals surface area contributed by atoms with Crippen LogP contribution in [0.2, 0.25) is 0 Å². The normalized spacial score (nSPS) is 51.6. The van der Waals surface area contributed by atoms with Crippen LogP contribution in [0.5, 0.6) is 0 Å². The summed E-state index contributed by atoms with van der Waals surface area (Å²) in [6.45, 7) is 16.4. The molecule has 5 nitrogen and oxygen atoms in total. The Kier molecular flexibility index (Phi) is 5.71. The standard InChI is InChI=1S/C31H50N2O3/c1-26(2)22-9-12-31(7)24(29(22,5)11-10-23(26)35)21(34)17-19-20-18-28(4,33-25(36)32-8)15-13-27(20,3)14-16-30(19,31)6/h17,20,22-24,35H,9-16,18H2,1-8H3,(H2,32,33,36)/t20-,22-,23-,24+,27+,28-,29-,30+,31+/m0/s1. The van der Waals surface area contributed by atoms with Crippen molar-refractivity contribution in [2.75, 3.05) is 7.05 Å². The Morgan fingerprint density at radius 1 is 0.944 bits per heavy atom. The number of hydrogen-bond acceptors (Lipinski definition) is 3. The Labute approximate surface area is 218 Å². The molecule has 0 heterocycles. The summed E-state index contributed by atoms with van der Waals surface area (Å²) in [6, 6.07) is -0.117. The molecule has 5 aliphatic carbocycles. The maximum Gasteiger partial charge on any atom is 0.314 e. The average molecular weight is 499 g/mol. The van der Waals surface area contributed by atoms with Gasteiger partial charge in [-0.05, 0) is 110 Å². The van der Waals surface area contributed by atoms with Gasteiger partial charge in [0.2, 0.25) is 0 Å². The molecule has 5 rings (SSSR count). The molecule has 0 unspecified atom stereocenters. The van der Waals surface area contributed by atoms with Crippen LogP contribution in [0.25, 0.3) is 0 Å². The van der Waals surface area contributed by atoms with Crippen molar-refractivity contribution in [3.05, 3.63) is 11.6 Å². The maximum atomic E-state index is 14.3. The molecule has 4 saturated carbocycles. The zero-order valence-corrected chi connectivity index (χ0v) is 24.0. The topological polar surface area (TPSA) is 78.4 Å². The van der Waals surface area contributed by atoms with Gasteiger partial charge in [-0.15, -0.1) is 0 Å². The number of amides is 2. The number of fused-ring (bicyclic) bond motifs is 7. The molecule has 0 radical (unpaired) electrons.